The van der Waals surface area contributed by atoms with E-state index in [1.807, 2.05) is 22.4 Å². The molecule has 2 aromatic rings. The zero-order valence-corrected chi connectivity index (χ0v) is 20.5. The van der Waals surface area contributed by atoms with Crippen LogP contribution in [0.25, 0.3) is 0 Å². The maximum atomic E-state index is 13.5. The first-order valence-electron chi connectivity index (χ1n) is 11.9. The van der Waals surface area contributed by atoms with Crippen molar-refractivity contribution >= 4 is 29.1 Å². The molecule has 2 fully saturated rings. The van der Waals surface area contributed by atoms with Crippen LogP contribution in [0.4, 0.5) is 0 Å². The van der Waals surface area contributed by atoms with Crippen LogP contribution >= 0.6 is 11.3 Å². The highest BCUT2D eigenvalue weighted by molar-refractivity contribution is 7.12. The number of nitrogens with zero attached hydrogens (tertiary/aromatic N) is 4. The highest BCUT2D eigenvalue weighted by atomic mass is 32.1. The van der Waals surface area contributed by atoms with E-state index in [0.717, 1.165) is 13.1 Å². The molecular weight excluding hydrogens is 468 g/mol. The number of rotatable bonds is 9. The molecule has 2 atom stereocenters. The molecule has 188 valence electrons. The second kappa shape index (κ2) is 12.2. The molecule has 0 aromatic carbocycles. The summed E-state index contributed by atoms with van der Waals surface area (Å²) in [6, 6.07) is 6.06. The quantitative estimate of drug-likeness (QED) is 0.507. The molecule has 2 aromatic heterocycles. The number of carbonyl (C=O) groups is 3. The van der Waals surface area contributed by atoms with Crippen LogP contribution in [0.2, 0.25) is 0 Å². The largest absolute Gasteiger partial charge is 0.379 e. The third-order valence-corrected chi connectivity index (χ3v) is 7.25. The average molecular weight is 501 g/mol. The van der Waals surface area contributed by atoms with E-state index in [1.165, 1.54) is 17.5 Å². The van der Waals surface area contributed by atoms with Crippen LogP contribution in [0.5, 0.6) is 0 Å². The minimum absolute atomic E-state index is 0.0740. The van der Waals surface area contributed by atoms with Crippen molar-refractivity contribution in [1.29, 1.82) is 0 Å². The molecule has 2 saturated heterocycles. The lowest BCUT2D eigenvalue weighted by Crippen LogP contribution is -2.48. The van der Waals surface area contributed by atoms with Gasteiger partial charge in [-0.1, -0.05) is 6.07 Å². The van der Waals surface area contributed by atoms with Gasteiger partial charge in [0.1, 0.15) is 6.04 Å². The Morgan fingerprint density at radius 1 is 1.23 bits per heavy atom. The number of nitrogens with two attached hydrogens (primary N) is 1. The number of hydrogen-bond acceptors (Lipinski definition) is 8. The lowest BCUT2D eigenvalue weighted by Gasteiger charge is -2.33. The van der Waals surface area contributed by atoms with Crippen LogP contribution in [0.3, 0.4) is 0 Å². The molecule has 2 aliphatic heterocycles. The second-order valence-corrected chi connectivity index (χ2v) is 9.56. The molecule has 2 aliphatic rings. The normalized spacial score (nSPS) is 20.5. The lowest BCUT2D eigenvalue weighted by atomic mass is 10.1. The summed E-state index contributed by atoms with van der Waals surface area (Å²) >= 11 is 1.39. The van der Waals surface area contributed by atoms with E-state index in [-0.39, 0.29) is 30.3 Å². The number of likely N-dealkylation sites (tertiary alicyclic amines) is 1. The van der Waals surface area contributed by atoms with Gasteiger partial charge in [-0.25, -0.2) is 0 Å². The smallest absolute Gasteiger partial charge is 0.264 e. The van der Waals surface area contributed by atoms with E-state index in [9.17, 15) is 14.4 Å². The van der Waals surface area contributed by atoms with Crippen LogP contribution in [-0.4, -0.2) is 109 Å². The van der Waals surface area contributed by atoms with Gasteiger partial charge in [-0.05, 0) is 30.0 Å². The zero-order chi connectivity index (χ0) is 24.6. The first-order chi connectivity index (χ1) is 17.1. The fourth-order valence-electron chi connectivity index (χ4n) is 4.55. The Morgan fingerprint density at radius 2 is 2.06 bits per heavy atom. The van der Waals surface area contributed by atoms with Gasteiger partial charge < -0.3 is 25.6 Å². The second-order valence-electron chi connectivity index (χ2n) is 8.61. The van der Waals surface area contributed by atoms with Crippen molar-refractivity contribution in [1.82, 2.24) is 25.0 Å². The maximum absolute atomic E-state index is 13.5. The Balaban J connectivity index is 1.56. The summed E-state index contributed by atoms with van der Waals surface area (Å²) < 4.78 is 5.44. The summed E-state index contributed by atoms with van der Waals surface area (Å²) in [5.74, 6) is -0.604. The Labute approximate surface area is 209 Å². The molecule has 0 aliphatic carbocycles. The van der Waals surface area contributed by atoms with Gasteiger partial charge in [0.15, 0.2) is 0 Å². The molecule has 3 N–H and O–H groups in total. The highest BCUT2D eigenvalue weighted by Gasteiger charge is 2.43. The predicted molar refractivity (Wildman–Crippen MR) is 132 cm³/mol. The van der Waals surface area contributed by atoms with Crippen LogP contribution in [0, 0.1) is 0 Å². The van der Waals surface area contributed by atoms with Gasteiger partial charge in [0.25, 0.3) is 11.8 Å². The molecule has 2 unspecified atom stereocenters. The molecular formula is C24H32N6O4S. The molecule has 0 radical (unpaired) electrons. The molecule has 0 bridgehead atoms. The molecule has 4 rings (SSSR count). The predicted octanol–water partition coefficient (Wildman–Crippen LogP) is 0.276. The third-order valence-electron chi connectivity index (χ3n) is 6.39. The fourth-order valence-corrected chi connectivity index (χ4v) is 5.23. The summed E-state index contributed by atoms with van der Waals surface area (Å²) in [6.45, 7) is 5.12. The molecule has 11 heteroatoms. The average Bonchev–Trinajstić information content (AvgIpc) is 3.59. The van der Waals surface area contributed by atoms with E-state index in [4.69, 9.17) is 10.5 Å². The van der Waals surface area contributed by atoms with Crippen molar-refractivity contribution in [3.05, 3.63) is 52.5 Å². The van der Waals surface area contributed by atoms with E-state index >= 15 is 0 Å². The SMILES string of the molecule is NCCNC(=O)C1CC(N(CCN2CCOCC2)C(=O)c2cccs2)CN1C(=O)c1cccnc1. The van der Waals surface area contributed by atoms with Gasteiger partial charge in [-0.15, -0.1) is 11.3 Å². The molecule has 35 heavy (non-hydrogen) atoms. The van der Waals surface area contributed by atoms with Gasteiger partial charge in [0.2, 0.25) is 5.91 Å². The van der Waals surface area contributed by atoms with E-state index in [0.29, 0.717) is 56.3 Å². The van der Waals surface area contributed by atoms with Crippen molar-refractivity contribution in [2.45, 2.75) is 18.5 Å². The molecule has 0 saturated carbocycles. The van der Waals surface area contributed by atoms with Gasteiger partial charge in [0.05, 0.1) is 29.7 Å². The molecule has 10 nitrogen and oxygen atoms in total. The van der Waals surface area contributed by atoms with Crippen molar-refractivity contribution in [2.75, 3.05) is 59.0 Å². The standard InChI is InChI=1S/C24H32N6O4S/c25-5-7-27-22(31)20-15-19(17-30(20)23(32)18-3-1-6-26-16-18)29(24(33)21-4-2-14-35-21)9-8-28-10-12-34-13-11-28/h1-4,6,14,16,19-20H,5,7-13,15,17,25H2,(H,27,31). The minimum atomic E-state index is -0.693. The van der Waals surface area contributed by atoms with Gasteiger partial charge in [-0.2, -0.15) is 0 Å². The number of amides is 3. The number of hydrogen-bond donors (Lipinski definition) is 2. The Kier molecular flexibility index (Phi) is 8.80. The Morgan fingerprint density at radius 3 is 2.74 bits per heavy atom. The van der Waals surface area contributed by atoms with Crippen LogP contribution in [0.15, 0.2) is 42.0 Å². The van der Waals surface area contributed by atoms with Gasteiger partial charge in [0, 0.05) is 58.2 Å². The van der Waals surface area contributed by atoms with Crippen molar-refractivity contribution in [3.8, 4) is 0 Å². The van der Waals surface area contributed by atoms with Crippen molar-refractivity contribution < 1.29 is 19.1 Å². The van der Waals surface area contributed by atoms with Gasteiger partial charge in [-0.3, -0.25) is 24.3 Å². The lowest BCUT2D eigenvalue weighted by molar-refractivity contribution is -0.124. The summed E-state index contributed by atoms with van der Waals surface area (Å²) in [4.78, 5) is 50.3. The number of morpholine rings is 1. The molecule has 0 spiro atoms. The third kappa shape index (κ3) is 6.23. The monoisotopic (exact) mass is 500 g/mol. The minimum Gasteiger partial charge on any atom is -0.379 e. The van der Waals surface area contributed by atoms with E-state index in [2.05, 4.69) is 15.2 Å². The Hall–Kier alpha value is -2.86. The van der Waals surface area contributed by atoms with Crippen molar-refractivity contribution in [2.24, 2.45) is 5.73 Å². The van der Waals surface area contributed by atoms with Gasteiger partial charge >= 0.3 is 0 Å². The maximum Gasteiger partial charge on any atom is 0.264 e. The number of ether oxygens (including phenoxy) is 1. The first-order valence-corrected chi connectivity index (χ1v) is 12.8. The topological polar surface area (TPSA) is 121 Å². The van der Waals surface area contributed by atoms with Crippen LogP contribution in [-0.2, 0) is 9.53 Å². The highest BCUT2D eigenvalue weighted by Crippen LogP contribution is 2.27. The fraction of sp³-hybridized carbons (Fsp3) is 0.500. The number of thiophene rings is 1. The summed E-state index contributed by atoms with van der Waals surface area (Å²) in [7, 11) is 0. The van der Waals surface area contributed by atoms with Crippen molar-refractivity contribution in [3.63, 3.8) is 0 Å². The van der Waals surface area contributed by atoms with Crippen LogP contribution < -0.4 is 11.1 Å². The summed E-state index contributed by atoms with van der Waals surface area (Å²) in [5.41, 5.74) is 5.98. The van der Waals surface area contributed by atoms with E-state index in [1.54, 1.807) is 23.2 Å². The zero-order valence-electron chi connectivity index (χ0n) is 19.7. The summed E-state index contributed by atoms with van der Waals surface area (Å²) in [6.07, 6.45) is 3.46. The number of aromatic nitrogens is 1. The number of pyridine rings is 1. The number of carbonyl (C=O) groups excluding carboxylic acids is 3. The van der Waals surface area contributed by atoms with Crippen LogP contribution in [0.1, 0.15) is 26.5 Å². The first kappa shape index (κ1) is 25.2. The number of nitrogens with one attached hydrogen (secondary N) is 1. The molecule has 4 heterocycles. The van der Waals surface area contributed by atoms with E-state index < -0.39 is 6.04 Å². The Bertz CT molecular complexity index is 983. The molecule has 3 amide bonds. The summed E-state index contributed by atoms with van der Waals surface area (Å²) in [5, 5.41) is 4.69.